The Hall–Kier alpha value is -2.02. The monoisotopic (exact) mass is 407 g/mol. The molecule has 1 aliphatic heterocycles. The summed E-state index contributed by atoms with van der Waals surface area (Å²) < 4.78 is 6.43. The van der Waals surface area contributed by atoms with Crippen LogP contribution in [-0.4, -0.2) is 31.1 Å². The van der Waals surface area contributed by atoms with Crippen LogP contribution < -0.4 is 15.0 Å². The Labute approximate surface area is 164 Å². The number of hydrogen-bond donors (Lipinski definition) is 1. The molecule has 0 bridgehead atoms. The number of ether oxygens (including phenoxy) is 1. The fourth-order valence-corrected chi connectivity index (χ4v) is 4.13. The van der Waals surface area contributed by atoms with Crippen molar-refractivity contribution >= 4 is 61.5 Å². The van der Waals surface area contributed by atoms with Gasteiger partial charge in [0.15, 0.2) is 5.13 Å². The van der Waals surface area contributed by atoms with Gasteiger partial charge in [-0.2, -0.15) is 0 Å². The lowest BCUT2D eigenvalue weighted by Gasteiger charge is -2.37. The molecule has 1 N–H and O–H groups in total. The van der Waals surface area contributed by atoms with Crippen molar-refractivity contribution in [3.63, 3.8) is 0 Å². The van der Waals surface area contributed by atoms with Crippen LogP contribution in [0.4, 0.5) is 10.8 Å². The molecule has 5 nitrogen and oxygen atoms in total. The van der Waals surface area contributed by atoms with E-state index in [1.165, 1.54) is 0 Å². The van der Waals surface area contributed by atoms with E-state index in [1.54, 1.807) is 36.6 Å². The highest BCUT2D eigenvalue weighted by Crippen LogP contribution is 2.36. The SMILES string of the molecule is COc1cccc2sc(N3CC(C(=O)Nc4ccc(Cl)c(Cl)c4)C3)nc12. The average molecular weight is 408 g/mol. The van der Waals surface area contributed by atoms with Crippen molar-refractivity contribution in [3.8, 4) is 5.75 Å². The van der Waals surface area contributed by atoms with Crippen LogP contribution in [0.2, 0.25) is 10.0 Å². The first-order valence-electron chi connectivity index (χ1n) is 7.99. The lowest BCUT2D eigenvalue weighted by atomic mass is 10.00. The van der Waals surface area contributed by atoms with E-state index in [2.05, 4.69) is 15.2 Å². The van der Waals surface area contributed by atoms with Gasteiger partial charge < -0.3 is 15.0 Å². The van der Waals surface area contributed by atoms with Crippen molar-refractivity contribution in [2.45, 2.75) is 0 Å². The molecule has 0 spiro atoms. The van der Waals surface area contributed by atoms with Crippen LogP contribution in [0.25, 0.3) is 10.2 Å². The lowest BCUT2D eigenvalue weighted by molar-refractivity contribution is -0.120. The Balaban J connectivity index is 1.42. The molecule has 1 aliphatic rings. The van der Waals surface area contributed by atoms with E-state index in [1.807, 2.05) is 18.2 Å². The molecule has 0 radical (unpaired) electrons. The number of benzene rings is 2. The third kappa shape index (κ3) is 3.20. The van der Waals surface area contributed by atoms with Crippen LogP contribution in [0, 0.1) is 5.92 Å². The summed E-state index contributed by atoms with van der Waals surface area (Å²) in [7, 11) is 1.64. The minimum absolute atomic E-state index is 0.0293. The first-order chi connectivity index (χ1) is 12.5. The van der Waals surface area contributed by atoms with Gasteiger partial charge >= 0.3 is 0 Å². The van der Waals surface area contributed by atoms with E-state index < -0.39 is 0 Å². The van der Waals surface area contributed by atoms with Crippen molar-refractivity contribution in [3.05, 3.63) is 46.4 Å². The Morgan fingerprint density at radius 2 is 2.08 bits per heavy atom. The minimum Gasteiger partial charge on any atom is -0.494 e. The first kappa shape index (κ1) is 17.4. The number of fused-ring (bicyclic) bond motifs is 1. The Morgan fingerprint density at radius 1 is 1.27 bits per heavy atom. The second-order valence-corrected chi connectivity index (χ2v) is 7.85. The Bertz CT molecular complexity index is 986. The fourth-order valence-electron chi connectivity index (χ4n) is 2.83. The Morgan fingerprint density at radius 3 is 2.81 bits per heavy atom. The van der Waals surface area contributed by atoms with Crippen LogP contribution in [0.3, 0.4) is 0 Å². The average Bonchev–Trinajstić information content (AvgIpc) is 3.00. The lowest BCUT2D eigenvalue weighted by Crippen LogP contribution is -2.52. The summed E-state index contributed by atoms with van der Waals surface area (Å²) in [5, 5.41) is 4.67. The fraction of sp³-hybridized carbons (Fsp3) is 0.222. The normalized spacial score (nSPS) is 14.3. The molecule has 0 saturated carbocycles. The van der Waals surface area contributed by atoms with E-state index in [0.717, 1.165) is 21.1 Å². The van der Waals surface area contributed by atoms with Crippen molar-refractivity contribution in [1.82, 2.24) is 4.98 Å². The van der Waals surface area contributed by atoms with Crippen molar-refractivity contribution < 1.29 is 9.53 Å². The molecule has 0 atom stereocenters. The molecule has 1 saturated heterocycles. The summed E-state index contributed by atoms with van der Waals surface area (Å²) in [5.74, 6) is 0.649. The van der Waals surface area contributed by atoms with E-state index in [0.29, 0.717) is 28.8 Å². The topological polar surface area (TPSA) is 54.5 Å². The maximum Gasteiger partial charge on any atom is 0.231 e. The highest BCUT2D eigenvalue weighted by Gasteiger charge is 2.34. The summed E-state index contributed by atoms with van der Waals surface area (Å²) in [6.45, 7) is 1.27. The van der Waals surface area contributed by atoms with Crippen LogP contribution >= 0.6 is 34.5 Å². The summed E-state index contributed by atoms with van der Waals surface area (Å²) >= 11 is 13.5. The molecule has 2 heterocycles. The van der Waals surface area contributed by atoms with Gasteiger partial charge in [-0.1, -0.05) is 40.6 Å². The van der Waals surface area contributed by atoms with Gasteiger partial charge in [0.05, 0.1) is 27.8 Å². The Kier molecular flexibility index (Phi) is 4.65. The number of aromatic nitrogens is 1. The molecule has 1 aromatic heterocycles. The standard InChI is InChI=1S/C18H15Cl2N3O2S/c1-25-14-3-2-4-15-16(14)22-18(26-15)23-8-10(9-23)17(24)21-11-5-6-12(19)13(20)7-11/h2-7,10H,8-9H2,1H3,(H,21,24). The third-order valence-electron chi connectivity index (χ3n) is 4.30. The molecule has 0 unspecified atom stereocenters. The van der Waals surface area contributed by atoms with Gasteiger partial charge in [-0.15, -0.1) is 0 Å². The van der Waals surface area contributed by atoms with Crippen molar-refractivity contribution in [2.75, 3.05) is 30.4 Å². The third-order valence-corrected chi connectivity index (χ3v) is 6.12. The van der Waals surface area contributed by atoms with E-state index in [4.69, 9.17) is 27.9 Å². The summed E-state index contributed by atoms with van der Waals surface area (Å²) in [6, 6.07) is 10.9. The predicted molar refractivity (Wildman–Crippen MR) is 107 cm³/mol. The van der Waals surface area contributed by atoms with Crippen LogP contribution in [0.5, 0.6) is 5.75 Å². The highest BCUT2D eigenvalue weighted by atomic mass is 35.5. The number of rotatable bonds is 4. The number of nitrogens with one attached hydrogen (secondary N) is 1. The van der Waals surface area contributed by atoms with Gasteiger partial charge in [0.25, 0.3) is 0 Å². The van der Waals surface area contributed by atoms with Crippen molar-refractivity contribution in [2.24, 2.45) is 5.92 Å². The zero-order valence-corrected chi connectivity index (χ0v) is 16.2. The van der Waals surface area contributed by atoms with Crippen LogP contribution in [0.15, 0.2) is 36.4 Å². The van der Waals surface area contributed by atoms with Gasteiger partial charge in [-0.3, -0.25) is 4.79 Å². The van der Waals surface area contributed by atoms with E-state index >= 15 is 0 Å². The number of thiazole rings is 1. The van der Waals surface area contributed by atoms with Gasteiger partial charge in [-0.25, -0.2) is 4.98 Å². The molecular formula is C18H15Cl2N3O2S. The quantitative estimate of drug-likeness (QED) is 0.681. The van der Waals surface area contributed by atoms with E-state index in [9.17, 15) is 4.79 Å². The summed E-state index contributed by atoms with van der Waals surface area (Å²) in [6.07, 6.45) is 0. The zero-order chi connectivity index (χ0) is 18.3. The maximum absolute atomic E-state index is 12.4. The second kappa shape index (κ2) is 6.95. The van der Waals surface area contributed by atoms with E-state index in [-0.39, 0.29) is 11.8 Å². The minimum atomic E-state index is -0.0849. The molecule has 26 heavy (non-hydrogen) atoms. The smallest absolute Gasteiger partial charge is 0.231 e. The molecular weight excluding hydrogens is 393 g/mol. The number of carbonyl (C=O) groups excluding carboxylic acids is 1. The molecule has 134 valence electrons. The van der Waals surface area contributed by atoms with Crippen LogP contribution in [0.1, 0.15) is 0 Å². The number of carbonyl (C=O) groups is 1. The van der Waals surface area contributed by atoms with Gasteiger partial charge in [0.2, 0.25) is 5.91 Å². The molecule has 4 rings (SSSR count). The summed E-state index contributed by atoms with van der Waals surface area (Å²) in [5.41, 5.74) is 1.51. The van der Waals surface area contributed by atoms with Gasteiger partial charge in [0.1, 0.15) is 11.3 Å². The number of nitrogens with zero attached hydrogens (tertiary/aromatic N) is 2. The first-order valence-corrected chi connectivity index (χ1v) is 9.57. The van der Waals surface area contributed by atoms with Gasteiger partial charge in [0, 0.05) is 18.8 Å². The molecule has 2 aromatic carbocycles. The number of hydrogen-bond acceptors (Lipinski definition) is 5. The highest BCUT2D eigenvalue weighted by molar-refractivity contribution is 7.22. The number of para-hydroxylation sites is 1. The molecule has 1 fully saturated rings. The molecule has 8 heteroatoms. The predicted octanol–water partition coefficient (Wildman–Crippen LogP) is 4.69. The zero-order valence-electron chi connectivity index (χ0n) is 13.8. The number of halogens is 2. The number of anilines is 2. The molecule has 3 aromatic rings. The molecule has 1 amide bonds. The summed E-state index contributed by atoms with van der Waals surface area (Å²) in [4.78, 5) is 19.2. The van der Waals surface area contributed by atoms with Crippen molar-refractivity contribution in [1.29, 1.82) is 0 Å². The maximum atomic E-state index is 12.4. The largest absolute Gasteiger partial charge is 0.494 e. The second-order valence-electron chi connectivity index (χ2n) is 6.02. The molecule has 0 aliphatic carbocycles. The van der Waals surface area contributed by atoms with Gasteiger partial charge in [-0.05, 0) is 30.3 Å². The van der Waals surface area contributed by atoms with Crippen LogP contribution in [-0.2, 0) is 4.79 Å². The number of methoxy groups -OCH3 is 1. The number of amides is 1.